The molecule has 0 aliphatic heterocycles. The summed E-state index contributed by atoms with van der Waals surface area (Å²) in [6.07, 6.45) is 3.70. The molecule has 0 radical (unpaired) electrons. The highest BCUT2D eigenvalue weighted by atomic mass is 79.9. The molecule has 1 amide bonds. The van der Waals surface area contributed by atoms with Crippen LogP contribution in [0.25, 0.3) is 0 Å². The van der Waals surface area contributed by atoms with Gasteiger partial charge in [0.1, 0.15) is 4.60 Å². The molecule has 6 heteroatoms. The maximum absolute atomic E-state index is 11.9. The van der Waals surface area contributed by atoms with Gasteiger partial charge in [0.15, 0.2) is 5.82 Å². The number of carbonyl (C=O) groups is 1. The molecule has 1 unspecified atom stereocenters. The zero-order valence-corrected chi connectivity index (χ0v) is 10.9. The number of amides is 1. The summed E-state index contributed by atoms with van der Waals surface area (Å²) in [7, 11) is 0. The quantitative estimate of drug-likeness (QED) is 0.880. The molecule has 1 aromatic rings. The third kappa shape index (κ3) is 2.99. The first-order chi connectivity index (χ1) is 7.51. The van der Waals surface area contributed by atoms with E-state index in [2.05, 4.69) is 31.2 Å². The fraction of sp³-hybridized carbons (Fsp3) is 0.500. The lowest BCUT2D eigenvalue weighted by Gasteiger charge is -2.24. The fourth-order valence-corrected chi connectivity index (χ4v) is 1.25. The summed E-state index contributed by atoms with van der Waals surface area (Å²) in [6.45, 7) is 4.06. The van der Waals surface area contributed by atoms with Gasteiger partial charge in [0.05, 0.1) is 17.8 Å². The molecule has 1 atom stereocenters. The molecule has 0 aliphatic rings. The van der Waals surface area contributed by atoms with Gasteiger partial charge in [-0.25, -0.2) is 9.97 Å². The summed E-state index contributed by atoms with van der Waals surface area (Å²) in [5.41, 5.74) is 5.03. The molecule has 5 nitrogen and oxygen atoms in total. The first-order valence-electron chi connectivity index (χ1n) is 5.01. The summed E-state index contributed by atoms with van der Waals surface area (Å²) >= 11 is 3.17. The maximum Gasteiger partial charge on any atom is 0.232 e. The zero-order chi connectivity index (χ0) is 12.2. The van der Waals surface area contributed by atoms with Gasteiger partial charge in [0, 0.05) is 6.54 Å². The number of hydrogen-bond donors (Lipinski definition) is 2. The number of hydrogen-bond acceptors (Lipinski definition) is 4. The van der Waals surface area contributed by atoms with Crippen LogP contribution in [0.2, 0.25) is 0 Å². The fourth-order valence-electron chi connectivity index (χ4n) is 1.04. The lowest BCUT2D eigenvalue weighted by Crippen LogP contribution is -2.39. The van der Waals surface area contributed by atoms with E-state index < -0.39 is 5.41 Å². The maximum atomic E-state index is 11.9. The van der Waals surface area contributed by atoms with E-state index >= 15 is 0 Å². The molecule has 0 aromatic carbocycles. The summed E-state index contributed by atoms with van der Waals surface area (Å²) in [5.74, 6) is 0.301. The Balaban J connectivity index is 2.74. The lowest BCUT2D eigenvalue weighted by molar-refractivity contribution is -0.124. The van der Waals surface area contributed by atoms with Crippen LogP contribution in [0.4, 0.5) is 5.82 Å². The molecule has 16 heavy (non-hydrogen) atoms. The number of nitrogens with zero attached hydrogens (tertiary/aromatic N) is 2. The van der Waals surface area contributed by atoms with Crippen LogP contribution in [0, 0.1) is 5.41 Å². The van der Waals surface area contributed by atoms with Crippen LogP contribution in [0.3, 0.4) is 0 Å². The number of carbonyl (C=O) groups excluding carboxylic acids is 1. The van der Waals surface area contributed by atoms with Crippen molar-refractivity contribution in [3.05, 3.63) is 17.0 Å². The highest BCUT2D eigenvalue weighted by Gasteiger charge is 2.29. The van der Waals surface area contributed by atoms with E-state index in [1.165, 1.54) is 12.4 Å². The van der Waals surface area contributed by atoms with Gasteiger partial charge in [0.2, 0.25) is 5.91 Å². The SMILES string of the molecule is CCC(C)(CN)C(=O)Nc1cnc(Br)cn1. The minimum Gasteiger partial charge on any atom is -0.329 e. The van der Waals surface area contributed by atoms with Crippen LogP contribution in [0.5, 0.6) is 0 Å². The second-order valence-electron chi connectivity index (χ2n) is 3.80. The molecule has 0 saturated heterocycles. The highest BCUT2D eigenvalue weighted by molar-refractivity contribution is 9.10. The van der Waals surface area contributed by atoms with E-state index in [1.807, 2.05) is 13.8 Å². The van der Waals surface area contributed by atoms with Crippen molar-refractivity contribution in [3.63, 3.8) is 0 Å². The molecular formula is C10H15BrN4O. The van der Waals surface area contributed by atoms with Crippen LogP contribution in [-0.4, -0.2) is 22.4 Å². The van der Waals surface area contributed by atoms with Crippen molar-refractivity contribution in [3.8, 4) is 0 Å². The Morgan fingerprint density at radius 3 is 2.69 bits per heavy atom. The zero-order valence-electron chi connectivity index (χ0n) is 9.33. The van der Waals surface area contributed by atoms with E-state index in [9.17, 15) is 4.79 Å². The number of nitrogens with one attached hydrogen (secondary N) is 1. The van der Waals surface area contributed by atoms with E-state index in [4.69, 9.17) is 5.73 Å². The van der Waals surface area contributed by atoms with Crippen LogP contribution in [0.1, 0.15) is 20.3 Å². The molecule has 0 saturated carbocycles. The molecule has 3 N–H and O–H groups in total. The van der Waals surface area contributed by atoms with E-state index in [-0.39, 0.29) is 5.91 Å². The summed E-state index contributed by atoms with van der Waals surface area (Å²) < 4.78 is 0.627. The van der Waals surface area contributed by atoms with Crippen molar-refractivity contribution in [2.45, 2.75) is 20.3 Å². The summed E-state index contributed by atoms with van der Waals surface area (Å²) in [5, 5.41) is 2.70. The second-order valence-corrected chi connectivity index (χ2v) is 4.61. The Labute approximate surface area is 103 Å². The van der Waals surface area contributed by atoms with Crippen molar-refractivity contribution in [2.75, 3.05) is 11.9 Å². The van der Waals surface area contributed by atoms with Crippen LogP contribution >= 0.6 is 15.9 Å². The number of rotatable bonds is 4. The van der Waals surface area contributed by atoms with Gasteiger partial charge in [-0.15, -0.1) is 0 Å². The van der Waals surface area contributed by atoms with E-state index in [0.717, 1.165) is 0 Å². The Morgan fingerprint density at radius 1 is 1.56 bits per heavy atom. The van der Waals surface area contributed by atoms with Crippen molar-refractivity contribution >= 4 is 27.7 Å². The molecule has 0 bridgehead atoms. The van der Waals surface area contributed by atoms with Gasteiger partial charge in [-0.05, 0) is 29.3 Å². The molecule has 0 fully saturated rings. The normalized spacial score (nSPS) is 14.2. The Morgan fingerprint density at radius 2 is 2.25 bits per heavy atom. The highest BCUT2D eigenvalue weighted by Crippen LogP contribution is 2.21. The third-order valence-corrected chi connectivity index (χ3v) is 3.05. The Bertz CT molecular complexity index is 362. The second kappa shape index (κ2) is 5.36. The summed E-state index contributed by atoms with van der Waals surface area (Å²) in [6, 6.07) is 0. The third-order valence-electron chi connectivity index (χ3n) is 2.64. The number of halogens is 1. The van der Waals surface area contributed by atoms with Gasteiger partial charge in [-0.1, -0.05) is 6.92 Å². The summed E-state index contributed by atoms with van der Waals surface area (Å²) in [4.78, 5) is 19.9. The predicted molar refractivity (Wildman–Crippen MR) is 65.8 cm³/mol. The molecule has 1 heterocycles. The first kappa shape index (κ1) is 13.1. The van der Waals surface area contributed by atoms with Gasteiger partial charge in [0.25, 0.3) is 0 Å². The van der Waals surface area contributed by atoms with Gasteiger partial charge in [-0.2, -0.15) is 0 Å². The monoisotopic (exact) mass is 286 g/mol. The van der Waals surface area contributed by atoms with Crippen molar-refractivity contribution < 1.29 is 4.79 Å². The van der Waals surface area contributed by atoms with Crippen molar-refractivity contribution in [1.82, 2.24) is 9.97 Å². The smallest absolute Gasteiger partial charge is 0.232 e. The van der Waals surface area contributed by atoms with Crippen molar-refractivity contribution in [2.24, 2.45) is 11.1 Å². The Kier molecular flexibility index (Phi) is 4.37. The minimum absolute atomic E-state index is 0.130. The average Bonchev–Trinajstić information content (AvgIpc) is 2.31. The topological polar surface area (TPSA) is 80.9 Å². The predicted octanol–water partition coefficient (Wildman–Crippen LogP) is 1.55. The standard InChI is InChI=1S/C10H15BrN4O/c1-3-10(2,6-12)9(16)15-8-5-13-7(11)4-14-8/h4-5H,3,6,12H2,1-2H3,(H,14,15,16). The van der Waals surface area contributed by atoms with Crippen LogP contribution in [0.15, 0.2) is 17.0 Å². The largest absolute Gasteiger partial charge is 0.329 e. The average molecular weight is 287 g/mol. The minimum atomic E-state index is -0.561. The lowest BCUT2D eigenvalue weighted by atomic mass is 9.87. The van der Waals surface area contributed by atoms with Crippen LogP contribution in [-0.2, 0) is 4.79 Å². The number of anilines is 1. The van der Waals surface area contributed by atoms with Crippen molar-refractivity contribution in [1.29, 1.82) is 0 Å². The molecular weight excluding hydrogens is 272 g/mol. The molecule has 1 aromatic heterocycles. The molecule has 0 spiro atoms. The van der Waals surface area contributed by atoms with Gasteiger partial charge < -0.3 is 11.1 Å². The van der Waals surface area contributed by atoms with E-state index in [1.54, 1.807) is 0 Å². The number of aromatic nitrogens is 2. The molecule has 1 rings (SSSR count). The van der Waals surface area contributed by atoms with E-state index in [0.29, 0.717) is 23.4 Å². The van der Waals surface area contributed by atoms with Gasteiger partial charge >= 0.3 is 0 Å². The number of nitrogens with two attached hydrogens (primary N) is 1. The Hall–Kier alpha value is -1.01. The van der Waals surface area contributed by atoms with Crippen LogP contribution < -0.4 is 11.1 Å². The molecule has 88 valence electrons. The first-order valence-corrected chi connectivity index (χ1v) is 5.80. The van der Waals surface area contributed by atoms with Gasteiger partial charge in [-0.3, -0.25) is 4.79 Å². The molecule has 0 aliphatic carbocycles.